The molecule has 26 heteroatoms. The van der Waals surface area contributed by atoms with Crippen LogP contribution in [0.2, 0.25) is 0 Å². The fourth-order valence-electron chi connectivity index (χ4n) is 6.61. The van der Waals surface area contributed by atoms with Gasteiger partial charge in [-0.2, -0.15) is 50.5 Å². The highest BCUT2D eigenvalue weighted by atomic mass is 32.2. The van der Waals surface area contributed by atoms with Gasteiger partial charge in [0.05, 0.1) is 21.2 Å². The van der Waals surface area contributed by atoms with Crippen LogP contribution in [0.5, 0.6) is 0 Å². The minimum atomic E-state index is -4.43. The molecule has 4 aromatic carbocycles. The molecule has 4 N–H and O–H groups in total. The van der Waals surface area contributed by atoms with Gasteiger partial charge in [0.25, 0.3) is 20.2 Å². The van der Waals surface area contributed by atoms with Gasteiger partial charge in [-0.1, -0.05) is 49.4 Å². The third-order valence-corrected chi connectivity index (χ3v) is 14.0. The van der Waals surface area contributed by atoms with Gasteiger partial charge in [-0.05, 0) is 94.8 Å². The maximum atomic E-state index is 11.8. The Morgan fingerprint density at radius 2 is 1.03 bits per heavy atom. The highest BCUT2D eigenvalue weighted by Crippen LogP contribution is 2.37. The molecule has 0 bridgehead atoms. The average Bonchev–Trinajstić information content (AvgIpc) is 4.02. The summed E-state index contributed by atoms with van der Waals surface area (Å²) in [4.78, 5) is 27.1. The van der Waals surface area contributed by atoms with Crippen LogP contribution in [0.25, 0.3) is 22.8 Å². The molecule has 0 aliphatic rings. The smallest absolute Gasteiger partial charge is 0.294 e. The van der Waals surface area contributed by atoms with Crippen molar-refractivity contribution in [3.63, 3.8) is 0 Å². The summed E-state index contributed by atoms with van der Waals surface area (Å²) in [6.45, 7) is 13.4. The maximum Gasteiger partial charge on any atom is 0.294 e. The van der Waals surface area contributed by atoms with Gasteiger partial charge in [-0.25, -0.2) is 0 Å². The number of azo groups is 2. The van der Waals surface area contributed by atoms with Crippen LogP contribution in [-0.4, -0.2) is 91.5 Å². The Morgan fingerprint density at radius 1 is 0.580 bits per heavy atom. The van der Waals surface area contributed by atoms with Crippen molar-refractivity contribution in [1.29, 1.82) is 0 Å². The van der Waals surface area contributed by atoms with Gasteiger partial charge < -0.3 is 20.4 Å². The number of aromatic nitrogens is 7. The lowest BCUT2D eigenvalue weighted by Gasteiger charge is -2.22. The lowest BCUT2D eigenvalue weighted by molar-refractivity contribution is 0.481. The third kappa shape index (κ3) is 13.2. The summed E-state index contributed by atoms with van der Waals surface area (Å²) in [6.07, 6.45) is 1.92. The largest absolute Gasteiger partial charge is 0.372 e. The van der Waals surface area contributed by atoms with E-state index in [2.05, 4.69) is 94.2 Å². The molecule has 3 heterocycles. The fraction of sp³-hybridized carbons (Fsp3) is 0.279. The number of benzene rings is 4. The molecular formula is C43H47N15O6S5. The Bertz CT molecular complexity index is 2990. The van der Waals surface area contributed by atoms with Crippen LogP contribution in [0.3, 0.4) is 0 Å². The number of anilines is 6. The molecular weight excluding hydrogens is 983 g/mol. The van der Waals surface area contributed by atoms with E-state index in [0.29, 0.717) is 39.0 Å². The van der Waals surface area contributed by atoms with E-state index in [1.165, 1.54) is 48.2 Å². The predicted molar refractivity (Wildman–Crippen MR) is 271 cm³/mol. The van der Waals surface area contributed by atoms with E-state index in [9.17, 15) is 25.9 Å². The lowest BCUT2D eigenvalue weighted by Crippen LogP contribution is -2.21. The SMILES string of the molecule is CCCCSc1nc(Nc2cc(N(CC)CC)ccc2/N=N/c2nc(-c3cccc(S(=O)(=O)O)c3)ns2)nc(Nc2cc(N(CC)CC)ccc2/N=N/c2nc(-c3cccc(S(=O)(=O)O)c3)ns2)n1. The molecule has 21 nitrogen and oxygen atoms in total. The topological polar surface area (TPSA) is 279 Å². The molecule has 7 aromatic rings. The second-order valence-electron chi connectivity index (χ2n) is 14.7. The summed E-state index contributed by atoms with van der Waals surface area (Å²) in [5.41, 5.74) is 4.54. The van der Waals surface area contributed by atoms with Crippen LogP contribution < -0.4 is 20.4 Å². The predicted octanol–water partition coefficient (Wildman–Crippen LogP) is 11.3. The molecule has 3 aromatic heterocycles. The lowest BCUT2D eigenvalue weighted by atomic mass is 10.2. The van der Waals surface area contributed by atoms with Crippen molar-refractivity contribution in [3.05, 3.63) is 84.9 Å². The van der Waals surface area contributed by atoms with Gasteiger partial charge in [0.2, 0.25) is 22.2 Å². The normalized spacial score (nSPS) is 12.0. The Morgan fingerprint density at radius 3 is 1.43 bits per heavy atom. The highest BCUT2D eigenvalue weighted by Gasteiger charge is 2.18. The molecule has 0 radical (unpaired) electrons. The Hall–Kier alpha value is -6.42. The van der Waals surface area contributed by atoms with Crippen molar-refractivity contribution < 1.29 is 25.9 Å². The van der Waals surface area contributed by atoms with Crippen molar-refractivity contribution in [3.8, 4) is 22.8 Å². The first kappa shape index (κ1) is 50.5. The standard InChI is InChI=1S/C43H47N15O6S5/c1-6-11-22-65-41-49-39(44-35-25-29(57(7-2)8-3)18-20-33(35)51-53-42-46-37(55-66-42)27-14-12-16-31(23-27)68(59,60)61)48-40(50-41)45-36-26-30(58(9-4)10-5)19-21-34(36)52-54-43-47-38(56-67-43)28-15-13-17-32(24-28)69(62,63)64/h12-21,23-26H,6-11,22H2,1-5H3,(H,59,60,61)(H,62,63,64)(H2,44,45,48,49,50)/b53-51+,54-52+. The molecule has 0 atom stereocenters. The first-order chi connectivity index (χ1) is 33.2. The van der Waals surface area contributed by atoms with E-state index >= 15 is 0 Å². The summed E-state index contributed by atoms with van der Waals surface area (Å²) in [5.74, 6) is 1.65. The molecule has 0 saturated carbocycles. The van der Waals surface area contributed by atoms with Crippen LogP contribution in [0.15, 0.2) is 120 Å². The maximum absolute atomic E-state index is 11.8. The molecule has 0 aliphatic heterocycles. The average molecular weight is 1030 g/mol. The zero-order chi connectivity index (χ0) is 49.1. The van der Waals surface area contributed by atoms with Crippen LogP contribution in [0.4, 0.5) is 56.3 Å². The van der Waals surface area contributed by atoms with E-state index < -0.39 is 20.2 Å². The van der Waals surface area contributed by atoms with Crippen molar-refractivity contribution in [2.45, 2.75) is 62.4 Å². The Balaban J connectivity index is 1.23. The minimum Gasteiger partial charge on any atom is -0.372 e. The molecule has 0 spiro atoms. The number of thioether (sulfide) groups is 1. The van der Waals surface area contributed by atoms with Gasteiger partial charge in [0.15, 0.2) is 16.8 Å². The molecule has 0 amide bonds. The summed E-state index contributed by atoms with van der Waals surface area (Å²) >= 11 is 3.43. The Labute approximate surface area is 411 Å². The minimum absolute atomic E-state index is 0.208. The molecule has 0 aliphatic carbocycles. The molecule has 360 valence electrons. The van der Waals surface area contributed by atoms with Gasteiger partial charge in [-0.15, -0.1) is 20.5 Å². The van der Waals surface area contributed by atoms with Crippen molar-refractivity contribution >= 4 is 111 Å². The quantitative estimate of drug-likeness (QED) is 0.0212. The summed E-state index contributed by atoms with van der Waals surface area (Å²) < 4.78 is 74.8. The van der Waals surface area contributed by atoms with Crippen LogP contribution in [0, 0.1) is 0 Å². The van der Waals surface area contributed by atoms with Crippen LogP contribution in [0.1, 0.15) is 47.5 Å². The molecule has 7 rings (SSSR count). The van der Waals surface area contributed by atoms with E-state index in [1.807, 2.05) is 36.4 Å². The first-order valence-corrected chi connectivity index (χ1v) is 27.0. The zero-order valence-electron chi connectivity index (χ0n) is 37.9. The Kier molecular flexibility index (Phi) is 16.7. The van der Waals surface area contributed by atoms with E-state index in [1.54, 1.807) is 12.1 Å². The number of hydrogen-bond donors (Lipinski definition) is 4. The van der Waals surface area contributed by atoms with E-state index in [4.69, 9.17) is 15.0 Å². The van der Waals surface area contributed by atoms with Gasteiger partial charge in [0, 0.05) is 77.5 Å². The van der Waals surface area contributed by atoms with Gasteiger partial charge in [-0.3, -0.25) is 9.11 Å². The van der Waals surface area contributed by atoms with Crippen LogP contribution in [-0.2, 0) is 20.2 Å². The number of hydrogen-bond acceptors (Lipinski definition) is 22. The van der Waals surface area contributed by atoms with E-state index in [0.717, 1.165) is 79.2 Å². The molecule has 0 saturated heterocycles. The summed E-state index contributed by atoms with van der Waals surface area (Å²) in [5, 5.41) is 25.5. The summed E-state index contributed by atoms with van der Waals surface area (Å²) in [7, 11) is -8.86. The second-order valence-corrected chi connectivity index (χ2v) is 20.0. The number of unbranched alkanes of at least 4 members (excludes halogenated alkanes) is 1. The van der Waals surface area contributed by atoms with Crippen LogP contribution >= 0.6 is 34.8 Å². The van der Waals surface area contributed by atoms with E-state index in [-0.39, 0.29) is 43.6 Å². The van der Waals surface area contributed by atoms with Crippen molar-refractivity contribution in [2.24, 2.45) is 20.5 Å². The second kappa shape index (κ2) is 22.8. The summed E-state index contributed by atoms with van der Waals surface area (Å²) in [6, 6.07) is 22.7. The van der Waals surface area contributed by atoms with Crippen molar-refractivity contribution in [2.75, 3.05) is 52.4 Å². The van der Waals surface area contributed by atoms with Gasteiger partial charge in [0.1, 0.15) is 11.4 Å². The monoisotopic (exact) mass is 1030 g/mol. The van der Waals surface area contributed by atoms with Crippen molar-refractivity contribution in [1.82, 2.24) is 33.7 Å². The molecule has 69 heavy (non-hydrogen) atoms. The number of rotatable bonds is 22. The first-order valence-electron chi connectivity index (χ1n) is 21.6. The third-order valence-electron chi connectivity index (χ3n) is 10.2. The molecule has 0 unspecified atom stereocenters. The number of nitrogens with zero attached hydrogens (tertiary/aromatic N) is 13. The highest BCUT2D eigenvalue weighted by molar-refractivity contribution is 7.99. The van der Waals surface area contributed by atoms with Gasteiger partial charge >= 0.3 is 0 Å². The number of nitrogens with one attached hydrogen (secondary N) is 2. The zero-order valence-corrected chi connectivity index (χ0v) is 42.0. The molecule has 0 fully saturated rings. The fourth-order valence-corrected chi connectivity index (χ4v) is 9.61.